The number of fused-ring (bicyclic) bond motifs is 1. The van der Waals surface area contributed by atoms with Gasteiger partial charge in [-0.3, -0.25) is 4.90 Å². The Kier molecular flexibility index (Phi) is 3.85. The molecular weight excluding hydrogens is 324 g/mol. The number of aromatic nitrogens is 2. The summed E-state index contributed by atoms with van der Waals surface area (Å²) in [5.41, 5.74) is 2.62. The molecule has 5 heteroatoms. The summed E-state index contributed by atoms with van der Waals surface area (Å²) in [6, 6.07) is 11.3. The molecule has 3 aliphatic rings. The first-order valence-electron chi connectivity index (χ1n) is 9.64. The van der Waals surface area contributed by atoms with Gasteiger partial charge in [0.1, 0.15) is 17.9 Å². The molecule has 0 bridgehead atoms. The standard InChI is InChI=1S/C21H26N4O/c1-24-10-16-11-25(20-9-19(14-3-4-14)22-13-23-20)12-18(16)21(24)15-5-7-17(26-2)8-6-15/h5-9,13-14,16,18,21H,3-4,10-12H2,1-2H3/t16-,18+,21+/m0/s1. The van der Waals surface area contributed by atoms with Crippen molar-refractivity contribution in [3.63, 3.8) is 0 Å². The first kappa shape index (κ1) is 16.1. The highest BCUT2D eigenvalue weighted by molar-refractivity contribution is 5.43. The van der Waals surface area contributed by atoms with Crippen LogP contribution in [0.5, 0.6) is 5.75 Å². The van der Waals surface area contributed by atoms with Crippen molar-refractivity contribution < 1.29 is 4.74 Å². The molecule has 5 rings (SSSR count). The van der Waals surface area contributed by atoms with Gasteiger partial charge < -0.3 is 9.64 Å². The number of benzene rings is 1. The first-order chi connectivity index (χ1) is 12.7. The van der Waals surface area contributed by atoms with Crippen molar-refractivity contribution in [2.75, 3.05) is 38.7 Å². The van der Waals surface area contributed by atoms with Crippen molar-refractivity contribution in [1.82, 2.24) is 14.9 Å². The zero-order valence-electron chi connectivity index (χ0n) is 15.5. The monoisotopic (exact) mass is 350 g/mol. The molecule has 1 aliphatic carbocycles. The molecule has 1 saturated carbocycles. The highest BCUT2D eigenvalue weighted by Gasteiger charge is 2.46. The maximum atomic E-state index is 5.32. The largest absolute Gasteiger partial charge is 0.497 e. The summed E-state index contributed by atoms with van der Waals surface area (Å²) >= 11 is 0. The van der Waals surface area contributed by atoms with Crippen LogP contribution in [0.3, 0.4) is 0 Å². The van der Waals surface area contributed by atoms with Gasteiger partial charge in [0.2, 0.25) is 0 Å². The van der Waals surface area contributed by atoms with E-state index in [1.165, 1.54) is 24.1 Å². The van der Waals surface area contributed by atoms with Crippen molar-refractivity contribution in [2.45, 2.75) is 24.8 Å². The van der Waals surface area contributed by atoms with Crippen molar-refractivity contribution in [3.05, 3.63) is 47.9 Å². The quantitative estimate of drug-likeness (QED) is 0.847. The molecule has 136 valence electrons. The van der Waals surface area contributed by atoms with Crippen LogP contribution >= 0.6 is 0 Å². The van der Waals surface area contributed by atoms with Crippen LogP contribution in [0.15, 0.2) is 36.7 Å². The molecule has 1 aromatic heterocycles. The van der Waals surface area contributed by atoms with Crippen LogP contribution in [0, 0.1) is 11.8 Å². The third kappa shape index (κ3) is 2.75. The minimum absolute atomic E-state index is 0.473. The van der Waals surface area contributed by atoms with Crippen molar-refractivity contribution in [1.29, 1.82) is 0 Å². The Labute approximate surface area is 155 Å². The summed E-state index contributed by atoms with van der Waals surface area (Å²) in [5.74, 6) is 4.07. The molecule has 26 heavy (non-hydrogen) atoms. The van der Waals surface area contributed by atoms with E-state index in [9.17, 15) is 0 Å². The maximum Gasteiger partial charge on any atom is 0.132 e. The summed E-state index contributed by atoms with van der Waals surface area (Å²) in [7, 11) is 3.98. The van der Waals surface area contributed by atoms with Gasteiger partial charge in [0.25, 0.3) is 0 Å². The van der Waals surface area contributed by atoms with E-state index in [4.69, 9.17) is 4.74 Å². The van der Waals surface area contributed by atoms with Gasteiger partial charge in [-0.05, 0) is 43.5 Å². The fraction of sp³-hybridized carbons (Fsp3) is 0.524. The molecule has 0 amide bonds. The molecular formula is C21H26N4O. The van der Waals surface area contributed by atoms with Gasteiger partial charge in [-0.2, -0.15) is 0 Å². The minimum atomic E-state index is 0.473. The van der Waals surface area contributed by atoms with E-state index in [0.29, 0.717) is 23.8 Å². The van der Waals surface area contributed by atoms with Crippen LogP contribution < -0.4 is 9.64 Å². The summed E-state index contributed by atoms with van der Waals surface area (Å²) in [6.07, 6.45) is 4.32. The van der Waals surface area contributed by atoms with Gasteiger partial charge >= 0.3 is 0 Å². The number of anilines is 1. The molecule has 0 unspecified atom stereocenters. The third-order valence-corrected chi connectivity index (χ3v) is 6.35. The number of hydrogen-bond donors (Lipinski definition) is 0. The van der Waals surface area contributed by atoms with Crippen molar-refractivity contribution >= 4 is 5.82 Å². The van der Waals surface area contributed by atoms with Gasteiger partial charge in [0.15, 0.2) is 0 Å². The second kappa shape index (κ2) is 6.23. The Morgan fingerprint density at radius 3 is 2.58 bits per heavy atom. The fourth-order valence-electron chi connectivity index (χ4n) is 4.88. The zero-order valence-corrected chi connectivity index (χ0v) is 15.5. The fourth-order valence-corrected chi connectivity index (χ4v) is 4.88. The van der Waals surface area contributed by atoms with E-state index < -0.39 is 0 Å². The van der Waals surface area contributed by atoms with Gasteiger partial charge in [-0.25, -0.2) is 9.97 Å². The van der Waals surface area contributed by atoms with Crippen molar-refractivity contribution in [3.8, 4) is 5.75 Å². The normalized spacial score (nSPS) is 28.4. The molecule has 2 saturated heterocycles. The average molecular weight is 350 g/mol. The average Bonchev–Trinajstić information content (AvgIpc) is 3.38. The maximum absolute atomic E-state index is 5.32. The van der Waals surface area contributed by atoms with Crippen LogP contribution in [0.4, 0.5) is 5.82 Å². The topological polar surface area (TPSA) is 41.5 Å². The Hall–Kier alpha value is -2.14. The van der Waals surface area contributed by atoms with Gasteiger partial charge in [0, 0.05) is 49.3 Å². The predicted molar refractivity (Wildman–Crippen MR) is 102 cm³/mol. The highest BCUT2D eigenvalue weighted by Crippen LogP contribution is 2.45. The lowest BCUT2D eigenvalue weighted by Gasteiger charge is -2.27. The molecule has 0 radical (unpaired) electrons. The van der Waals surface area contributed by atoms with E-state index in [-0.39, 0.29) is 0 Å². The lowest BCUT2D eigenvalue weighted by atomic mass is 9.89. The number of ether oxygens (including phenoxy) is 1. The van der Waals surface area contributed by atoms with Crippen LogP contribution in [0.25, 0.3) is 0 Å². The Bertz CT molecular complexity index is 789. The molecule has 3 atom stereocenters. The van der Waals surface area contributed by atoms with Crippen LogP contribution in [0.2, 0.25) is 0 Å². The molecule has 2 aromatic rings. The molecule has 3 heterocycles. The Morgan fingerprint density at radius 2 is 1.85 bits per heavy atom. The molecule has 2 aliphatic heterocycles. The smallest absolute Gasteiger partial charge is 0.132 e. The highest BCUT2D eigenvalue weighted by atomic mass is 16.5. The molecule has 0 spiro atoms. The molecule has 0 N–H and O–H groups in total. The molecule has 1 aromatic carbocycles. The SMILES string of the molecule is COc1ccc([C@@H]2[C@@H]3CN(c4cc(C5CC5)ncn4)C[C@@H]3CN2C)cc1. The second-order valence-corrected chi connectivity index (χ2v) is 8.06. The number of nitrogens with zero attached hydrogens (tertiary/aromatic N) is 4. The van der Waals surface area contributed by atoms with Crippen molar-refractivity contribution in [2.24, 2.45) is 11.8 Å². The minimum Gasteiger partial charge on any atom is -0.497 e. The number of hydrogen-bond acceptors (Lipinski definition) is 5. The molecule has 5 nitrogen and oxygen atoms in total. The number of rotatable bonds is 4. The second-order valence-electron chi connectivity index (χ2n) is 8.06. The zero-order chi connectivity index (χ0) is 17.7. The predicted octanol–water partition coefficient (Wildman–Crippen LogP) is 3.10. The van der Waals surface area contributed by atoms with E-state index in [1.54, 1.807) is 13.4 Å². The van der Waals surface area contributed by atoms with Crippen LogP contribution in [-0.4, -0.2) is 48.7 Å². The van der Waals surface area contributed by atoms with E-state index >= 15 is 0 Å². The number of methoxy groups -OCH3 is 1. The first-order valence-corrected chi connectivity index (χ1v) is 9.64. The summed E-state index contributed by atoms with van der Waals surface area (Å²) in [6.45, 7) is 3.33. The van der Waals surface area contributed by atoms with E-state index in [0.717, 1.165) is 31.2 Å². The van der Waals surface area contributed by atoms with Gasteiger partial charge in [0.05, 0.1) is 7.11 Å². The van der Waals surface area contributed by atoms with Crippen LogP contribution in [0.1, 0.15) is 36.1 Å². The van der Waals surface area contributed by atoms with E-state index in [2.05, 4.69) is 57.1 Å². The lowest BCUT2D eigenvalue weighted by Crippen LogP contribution is -2.29. The summed E-state index contributed by atoms with van der Waals surface area (Å²) in [5, 5.41) is 0. The van der Waals surface area contributed by atoms with Gasteiger partial charge in [-0.1, -0.05) is 12.1 Å². The Balaban J connectivity index is 1.37. The summed E-state index contributed by atoms with van der Waals surface area (Å²) < 4.78 is 5.32. The molecule has 3 fully saturated rings. The number of likely N-dealkylation sites (tertiary alicyclic amines) is 1. The summed E-state index contributed by atoms with van der Waals surface area (Å²) in [4.78, 5) is 14.1. The van der Waals surface area contributed by atoms with Crippen LogP contribution in [-0.2, 0) is 0 Å². The van der Waals surface area contributed by atoms with E-state index in [1.807, 2.05) is 0 Å². The Morgan fingerprint density at radius 1 is 1.04 bits per heavy atom. The lowest BCUT2D eigenvalue weighted by molar-refractivity contribution is 0.279. The van der Waals surface area contributed by atoms with Gasteiger partial charge in [-0.15, -0.1) is 0 Å². The third-order valence-electron chi connectivity index (χ3n) is 6.35.